The predicted octanol–water partition coefficient (Wildman–Crippen LogP) is 3.94. The summed E-state index contributed by atoms with van der Waals surface area (Å²) in [6, 6.07) is 12.4. The van der Waals surface area contributed by atoms with Gasteiger partial charge < -0.3 is 9.64 Å². The molecule has 1 fully saturated rings. The van der Waals surface area contributed by atoms with Gasteiger partial charge in [0.05, 0.1) is 13.5 Å². The Morgan fingerprint density at radius 1 is 1.21 bits per heavy atom. The standard InChI is InChI=1S/C24H27FN2O2/c1-3-12-26-13-10-24(11-14-26)17-27(22-9-6-19(25)16-21(22)24)23(28)15-18-4-7-20(29-2)8-5-18/h3-9,16H,1,10-15,17H2,2H3. The van der Waals surface area contributed by atoms with Crippen molar-refractivity contribution >= 4 is 11.6 Å². The molecular formula is C24H27FN2O2. The first-order valence-corrected chi connectivity index (χ1v) is 10.1. The quantitative estimate of drug-likeness (QED) is 0.720. The van der Waals surface area contributed by atoms with Crippen molar-refractivity contribution in [2.75, 3.05) is 38.2 Å². The first-order chi connectivity index (χ1) is 14.0. The molecule has 1 spiro atoms. The fourth-order valence-electron chi connectivity index (χ4n) is 4.65. The number of hydrogen-bond acceptors (Lipinski definition) is 3. The van der Waals surface area contributed by atoms with Gasteiger partial charge in [0.2, 0.25) is 5.91 Å². The van der Waals surface area contributed by atoms with Crippen LogP contribution >= 0.6 is 0 Å². The van der Waals surface area contributed by atoms with E-state index in [1.165, 1.54) is 6.07 Å². The van der Waals surface area contributed by atoms with Gasteiger partial charge in [-0.25, -0.2) is 4.39 Å². The highest BCUT2D eigenvalue weighted by atomic mass is 19.1. The number of fused-ring (bicyclic) bond motifs is 2. The predicted molar refractivity (Wildman–Crippen MR) is 113 cm³/mol. The zero-order valence-corrected chi connectivity index (χ0v) is 16.9. The van der Waals surface area contributed by atoms with E-state index in [2.05, 4.69) is 11.5 Å². The third-order valence-corrected chi connectivity index (χ3v) is 6.30. The topological polar surface area (TPSA) is 32.8 Å². The number of benzene rings is 2. The van der Waals surface area contributed by atoms with E-state index in [-0.39, 0.29) is 17.1 Å². The lowest BCUT2D eigenvalue weighted by molar-refractivity contribution is -0.118. The molecule has 0 saturated carbocycles. The molecular weight excluding hydrogens is 367 g/mol. The molecule has 0 radical (unpaired) electrons. The Morgan fingerprint density at radius 2 is 1.93 bits per heavy atom. The van der Waals surface area contributed by atoms with Crippen LogP contribution in [0.5, 0.6) is 5.75 Å². The molecule has 1 amide bonds. The van der Waals surface area contributed by atoms with Gasteiger partial charge in [0.1, 0.15) is 11.6 Å². The number of piperidine rings is 1. The van der Waals surface area contributed by atoms with Gasteiger partial charge in [0.15, 0.2) is 0 Å². The van der Waals surface area contributed by atoms with Crippen molar-refractivity contribution in [2.24, 2.45) is 0 Å². The summed E-state index contributed by atoms with van der Waals surface area (Å²) in [6.07, 6.45) is 4.08. The highest BCUT2D eigenvalue weighted by molar-refractivity contribution is 5.97. The average Bonchev–Trinajstić information content (AvgIpc) is 3.04. The summed E-state index contributed by atoms with van der Waals surface area (Å²) in [4.78, 5) is 17.4. The van der Waals surface area contributed by atoms with Crippen LogP contribution in [0.25, 0.3) is 0 Å². The Morgan fingerprint density at radius 3 is 2.59 bits per heavy atom. The summed E-state index contributed by atoms with van der Waals surface area (Å²) in [5.74, 6) is 0.586. The average molecular weight is 394 g/mol. The lowest BCUT2D eigenvalue weighted by atomic mass is 9.74. The molecule has 2 heterocycles. The number of halogens is 1. The molecule has 0 aliphatic carbocycles. The second-order valence-electron chi connectivity index (χ2n) is 8.04. The lowest BCUT2D eigenvalue weighted by Crippen LogP contribution is -2.46. The molecule has 0 aromatic heterocycles. The summed E-state index contributed by atoms with van der Waals surface area (Å²) in [6.45, 7) is 7.19. The van der Waals surface area contributed by atoms with Crippen molar-refractivity contribution in [3.05, 3.63) is 72.1 Å². The lowest BCUT2D eigenvalue weighted by Gasteiger charge is -2.39. The Labute approximate surface area is 171 Å². The van der Waals surface area contributed by atoms with Crippen molar-refractivity contribution in [3.8, 4) is 5.75 Å². The third kappa shape index (κ3) is 3.79. The minimum atomic E-state index is -0.235. The van der Waals surface area contributed by atoms with E-state index in [0.717, 1.165) is 55.0 Å². The molecule has 2 aromatic rings. The highest BCUT2D eigenvalue weighted by Crippen LogP contribution is 2.47. The molecule has 152 valence electrons. The van der Waals surface area contributed by atoms with Crippen LogP contribution in [0.2, 0.25) is 0 Å². The number of likely N-dealkylation sites (tertiary alicyclic amines) is 1. The van der Waals surface area contributed by atoms with E-state index < -0.39 is 0 Å². The maximum atomic E-state index is 14.1. The van der Waals surface area contributed by atoms with E-state index in [0.29, 0.717) is 13.0 Å². The zero-order chi connectivity index (χ0) is 20.4. The molecule has 1 saturated heterocycles. The molecule has 4 rings (SSSR count). The normalized spacial score (nSPS) is 17.9. The molecule has 0 N–H and O–H groups in total. The number of ether oxygens (including phenoxy) is 1. The number of rotatable bonds is 5. The van der Waals surface area contributed by atoms with Crippen LogP contribution in [0.4, 0.5) is 10.1 Å². The Balaban J connectivity index is 1.57. The first kappa shape index (κ1) is 19.6. The minimum absolute atomic E-state index is 0.0495. The number of hydrogen-bond donors (Lipinski definition) is 0. The Kier molecular flexibility index (Phi) is 5.41. The van der Waals surface area contributed by atoms with E-state index in [1.807, 2.05) is 35.2 Å². The van der Waals surface area contributed by atoms with Gasteiger partial charge >= 0.3 is 0 Å². The van der Waals surface area contributed by atoms with E-state index in [1.54, 1.807) is 19.2 Å². The van der Waals surface area contributed by atoms with Gasteiger partial charge in [-0.05, 0) is 67.4 Å². The summed E-state index contributed by atoms with van der Waals surface area (Å²) >= 11 is 0. The fourth-order valence-corrected chi connectivity index (χ4v) is 4.65. The van der Waals surface area contributed by atoms with E-state index >= 15 is 0 Å². The Hall–Kier alpha value is -2.66. The molecule has 0 atom stereocenters. The number of carbonyl (C=O) groups is 1. The van der Waals surface area contributed by atoms with Crippen LogP contribution in [0.15, 0.2) is 55.1 Å². The second kappa shape index (κ2) is 7.99. The summed E-state index contributed by atoms with van der Waals surface area (Å²) in [5, 5.41) is 0. The SMILES string of the molecule is C=CCN1CCC2(CC1)CN(C(=O)Cc1ccc(OC)cc1)c1ccc(F)cc12. The maximum absolute atomic E-state index is 14.1. The van der Waals surface area contributed by atoms with Gasteiger partial charge in [-0.2, -0.15) is 0 Å². The van der Waals surface area contributed by atoms with Gasteiger partial charge in [-0.3, -0.25) is 9.69 Å². The van der Waals surface area contributed by atoms with Crippen LogP contribution in [0.3, 0.4) is 0 Å². The van der Waals surface area contributed by atoms with Crippen molar-refractivity contribution in [2.45, 2.75) is 24.7 Å². The third-order valence-electron chi connectivity index (χ3n) is 6.30. The number of amides is 1. The molecule has 2 aliphatic heterocycles. The van der Waals surface area contributed by atoms with Crippen molar-refractivity contribution in [3.63, 3.8) is 0 Å². The van der Waals surface area contributed by atoms with Gasteiger partial charge in [-0.1, -0.05) is 18.2 Å². The molecule has 5 heteroatoms. The van der Waals surface area contributed by atoms with Crippen LogP contribution < -0.4 is 9.64 Å². The molecule has 0 bridgehead atoms. The molecule has 2 aliphatic rings. The van der Waals surface area contributed by atoms with E-state index in [4.69, 9.17) is 4.74 Å². The Bertz CT molecular complexity index is 902. The molecule has 4 nitrogen and oxygen atoms in total. The summed E-state index contributed by atoms with van der Waals surface area (Å²) < 4.78 is 19.3. The molecule has 2 aromatic carbocycles. The van der Waals surface area contributed by atoms with Crippen molar-refractivity contribution in [1.82, 2.24) is 4.90 Å². The smallest absolute Gasteiger partial charge is 0.231 e. The van der Waals surface area contributed by atoms with Gasteiger partial charge in [0, 0.05) is 24.2 Å². The van der Waals surface area contributed by atoms with Crippen molar-refractivity contribution in [1.29, 1.82) is 0 Å². The first-order valence-electron chi connectivity index (χ1n) is 10.1. The van der Waals surface area contributed by atoms with Crippen molar-refractivity contribution < 1.29 is 13.9 Å². The van der Waals surface area contributed by atoms with Gasteiger partial charge in [0.25, 0.3) is 0 Å². The second-order valence-corrected chi connectivity index (χ2v) is 8.04. The molecule has 29 heavy (non-hydrogen) atoms. The zero-order valence-electron chi connectivity index (χ0n) is 16.9. The molecule has 0 unspecified atom stereocenters. The van der Waals surface area contributed by atoms with E-state index in [9.17, 15) is 9.18 Å². The fraction of sp³-hybridized carbons (Fsp3) is 0.375. The summed E-state index contributed by atoms with van der Waals surface area (Å²) in [7, 11) is 1.63. The van der Waals surface area contributed by atoms with Crippen LogP contribution in [0.1, 0.15) is 24.0 Å². The maximum Gasteiger partial charge on any atom is 0.231 e. The number of nitrogens with zero attached hydrogens (tertiary/aromatic N) is 2. The number of carbonyl (C=O) groups excluding carboxylic acids is 1. The minimum Gasteiger partial charge on any atom is -0.497 e. The largest absolute Gasteiger partial charge is 0.497 e. The van der Waals surface area contributed by atoms with Crippen LogP contribution in [0, 0.1) is 5.82 Å². The number of anilines is 1. The number of methoxy groups -OCH3 is 1. The van der Waals surface area contributed by atoms with Crippen LogP contribution in [-0.2, 0) is 16.6 Å². The summed E-state index contributed by atoms with van der Waals surface area (Å²) in [5.41, 5.74) is 2.63. The monoisotopic (exact) mass is 394 g/mol. The highest BCUT2D eigenvalue weighted by Gasteiger charge is 2.46. The van der Waals surface area contributed by atoms with Gasteiger partial charge in [-0.15, -0.1) is 6.58 Å². The van der Waals surface area contributed by atoms with Crippen LogP contribution in [-0.4, -0.2) is 44.1 Å².